The van der Waals surface area contributed by atoms with Crippen LogP contribution >= 0.6 is 0 Å². The number of aromatic nitrogens is 3. The van der Waals surface area contributed by atoms with Crippen molar-refractivity contribution in [3.05, 3.63) is 30.6 Å². The van der Waals surface area contributed by atoms with Gasteiger partial charge in [0.25, 0.3) is 10.0 Å². The highest BCUT2D eigenvalue weighted by Crippen LogP contribution is 2.21. The fraction of sp³-hybridized carbons (Fsp3) is 0. The Morgan fingerprint density at radius 1 is 1.31 bits per heavy atom. The van der Waals surface area contributed by atoms with Crippen molar-refractivity contribution in [2.75, 3.05) is 4.72 Å². The highest BCUT2D eigenvalue weighted by molar-refractivity contribution is 7.92. The first-order valence-corrected chi connectivity index (χ1v) is 5.74. The molecule has 7 nitrogen and oxygen atoms in total. The Balaban J connectivity index is 2.33. The zero-order valence-corrected chi connectivity index (χ0v) is 8.77. The predicted octanol–water partition coefficient (Wildman–Crippen LogP) is 0.311. The Labute approximate surface area is 91.2 Å². The second kappa shape index (κ2) is 3.81. The Morgan fingerprint density at radius 2 is 2.12 bits per heavy atom. The smallest absolute Gasteiger partial charge is 0.280 e. The van der Waals surface area contributed by atoms with Crippen LogP contribution in [-0.4, -0.2) is 28.7 Å². The lowest BCUT2D eigenvalue weighted by Crippen LogP contribution is -2.14. The maximum absolute atomic E-state index is 11.7. The van der Waals surface area contributed by atoms with Gasteiger partial charge >= 0.3 is 0 Å². The van der Waals surface area contributed by atoms with E-state index in [2.05, 4.69) is 19.9 Å². The molecule has 0 aromatic carbocycles. The van der Waals surface area contributed by atoms with Crippen molar-refractivity contribution in [2.24, 2.45) is 0 Å². The topological polar surface area (TPSA) is 108 Å². The molecule has 2 aromatic heterocycles. The zero-order chi connectivity index (χ0) is 11.6. The molecule has 3 N–H and O–H groups in total. The molecule has 0 spiro atoms. The van der Waals surface area contributed by atoms with Crippen LogP contribution in [0.3, 0.4) is 0 Å². The van der Waals surface area contributed by atoms with Crippen LogP contribution in [0.15, 0.2) is 35.6 Å². The number of aromatic hydroxyl groups is 1. The summed E-state index contributed by atoms with van der Waals surface area (Å²) in [4.78, 5) is 3.70. The molecule has 84 valence electrons. The van der Waals surface area contributed by atoms with Gasteiger partial charge in [-0.1, -0.05) is 0 Å². The molecule has 16 heavy (non-hydrogen) atoms. The molecule has 0 aliphatic carbocycles. The Bertz CT molecular complexity index is 579. The summed E-state index contributed by atoms with van der Waals surface area (Å²) in [6.07, 6.45) is 2.68. The summed E-state index contributed by atoms with van der Waals surface area (Å²) in [5.41, 5.74) is 0. The van der Waals surface area contributed by atoms with Gasteiger partial charge in [-0.05, 0) is 18.2 Å². The summed E-state index contributed by atoms with van der Waals surface area (Å²) in [6.45, 7) is 0. The quantitative estimate of drug-likeness (QED) is 0.715. The second-order valence-electron chi connectivity index (χ2n) is 2.90. The van der Waals surface area contributed by atoms with Crippen molar-refractivity contribution < 1.29 is 13.5 Å². The highest BCUT2D eigenvalue weighted by Gasteiger charge is 2.17. The molecule has 0 saturated heterocycles. The average Bonchev–Trinajstić information content (AvgIpc) is 2.75. The first-order chi connectivity index (χ1) is 7.59. The highest BCUT2D eigenvalue weighted by atomic mass is 32.2. The minimum Gasteiger partial charge on any atom is -0.504 e. The maximum atomic E-state index is 11.7. The van der Waals surface area contributed by atoms with E-state index in [0.29, 0.717) is 0 Å². The molecule has 0 radical (unpaired) electrons. The minimum absolute atomic E-state index is 0.0995. The average molecular weight is 240 g/mol. The van der Waals surface area contributed by atoms with Gasteiger partial charge in [0.2, 0.25) is 0 Å². The third-order valence-corrected chi connectivity index (χ3v) is 3.05. The fourth-order valence-electron chi connectivity index (χ4n) is 1.05. The molecule has 2 heterocycles. The predicted molar refractivity (Wildman–Crippen MR) is 55.3 cm³/mol. The van der Waals surface area contributed by atoms with Crippen molar-refractivity contribution in [3.63, 3.8) is 0 Å². The molecule has 0 fully saturated rings. The van der Waals surface area contributed by atoms with Gasteiger partial charge in [0, 0.05) is 6.20 Å². The van der Waals surface area contributed by atoms with E-state index >= 15 is 0 Å². The van der Waals surface area contributed by atoms with Crippen LogP contribution in [0.5, 0.6) is 5.75 Å². The number of nitrogens with zero attached hydrogens (tertiary/aromatic N) is 2. The largest absolute Gasteiger partial charge is 0.504 e. The molecule has 8 heteroatoms. The van der Waals surface area contributed by atoms with Crippen LogP contribution in [0.25, 0.3) is 0 Å². The lowest BCUT2D eigenvalue weighted by molar-refractivity contribution is 0.475. The van der Waals surface area contributed by atoms with Gasteiger partial charge in [-0.25, -0.2) is 4.98 Å². The van der Waals surface area contributed by atoms with Crippen LogP contribution in [0.2, 0.25) is 0 Å². The van der Waals surface area contributed by atoms with E-state index in [1.807, 2.05) is 0 Å². The zero-order valence-electron chi connectivity index (χ0n) is 7.95. The number of hydrogen-bond donors (Lipinski definition) is 3. The molecular weight excluding hydrogens is 232 g/mol. The van der Waals surface area contributed by atoms with Gasteiger partial charge in [-0.2, -0.15) is 13.5 Å². The van der Waals surface area contributed by atoms with Crippen LogP contribution < -0.4 is 4.72 Å². The van der Waals surface area contributed by atoms with Crippen molar-refractivity contribution >= 4 is 15.8 Å². The molecule has 2 rings (SSSR count). The standard InChI is InChI=1S/C8H8N4O3S/c13-6-2-1-4-9-8(6)12-16(14,15)7-3-5-10-11-7/h1-5,13H,(H,9,12)(H,10,11). The Hall–Kier alpha value is -2.09. The summed E-state index contributed by atoms with van der Waals surface area (Å²) in [5.74, 6) is -0.373. The van der Waals surface area contributed by atoms with Crippen molar-refractivity contribution in [1.29, 1.82) is 0 Å². The van der Waals surface area contributed by atoms with E-state index in [1.165, 1.54) is 30.6 Å². The third-order valence-electron chi connectivity index (χ3n) is 1.78. The van der Waals surface area contributed by atoms with E-state index in [-0.39, 0.29) is 16.6 Å². The van der Waals surface area contributed by atoms with Gasteiger partial charge in [0.05, 0.1) is 6.20 Å². The number of rotatable bonds is 3. The molecule has 0 bridgehead atoms. The minimum atomic E-state index is -3.78. The molecule has 0 saturated carbocycles. The number of hydrogen-bond acceptors (Lipinski definition) is 5. The number of nitrogens with one attached hydrogen (secondary N) is 2. The molecule has 0 amide bonds. The third kappa shape index (κ3) is 1.96. The first-order valence-electron chi connectivity index (χ1n) is 4.26. The summed E-state index contributed by atoms with van der Waals surface area (Å²) in [7, 11) is -3.78. The lowest BCUT2D eigenvalue weighted by Gasteiger charge is -2.05. The first kappa shape index (κ1) is 10.4. The Morgan fingerprint density at radius 3 is 2.75 bits per heavy atom. The molecule has 0 aliphatic heterocycles. The van der Waals surface area contributed by atoms with Crippen LogP contribution in [0, 0.1) is 0 Å². The van der Waals surface area contributed by atoms with E-state index in [1.54, 1.807) is 0 Å². The summed E-state index contributed by atoms with van der Waals surface area (Å²) in [5, 5.41) is 15.1. The van der Waals surface area contributed by atoms with Gasteiger partial charge in [0.15, 0.2) is 16.6 Å². The van der Waals surface area contributed by atoms with E-state index < -0.39 is 10.0 Å². The van der Waals surface area contributed by atoms with Gasteiger partial charge in [-0.3, -0.25) is 9.82 Å². The molecule has 0 unspecified atom stereocenters. The number of pyridine rings is 1. The summed E-state index contributed by atoms with van der Waals surface area (Å²) >= 11 is 0. The van der Waals surface area contributed by atoms with Crippen molar-refractivity contribution in [2.45, 2.75) is 5.03 Å². The monoisotopic (exact) mass is 240 g/mol. The van der Waals surface area contributed by atoms with Crippen molar-refractivity contribution in [3.8, 4) is 5.75 Å². The second-order valence-corrected chi connectivity index (χ2v) is 4.55. The molecule has 2 aromatic rings. The fourth-order valence-corrected chi connectivity index (χ4v) is 1.99. The van der Waals surface area contributed by atoms with Crippen LogP contribution in [-0.2, 0) is 10.0 Å². The van der Waals surface area contributed by atoms with E-state index in [0.717, 1.165) is 0 Å². The Kier molecular flexibility index (Phi) is 2.49. The lowest BCUT2D eigenvalue weighted by atomic mass is 10.4. The van der Waals surface area contributed by atoms with Crippen LogP contribution in [0.4, 0.5) is 5.82 Å². The number of anilines is 1. The van der Waals surface area contributed by atoms with Crippen LogP contribution in [0.1, 0.15) is 0 Å². The van der Waals surface area contributed by atoms with Gasteiger partial charge in [0.1, 0.15) is 0 Å². The summed E-state index contributed by atoms with van der Waals surface area (Å²) in [6, 6.07) is 4.11. The normalized spacial score (nSPS) is 11.2. The molecular formula is C8H8N4O3S. The SMILES string of the molecule is O=S(=O)(Nc1ncccc1O)c1ccn[nH]1. The maximum Gasteiger partial charge on any atom is 0.280 e. The van der Waals surface area contributed by atoms with E-state index in [4.69, 9.17) is 0 Å². The summed E-state index contributed by atoms with van der Waals surface area (Å²) < 4.78 is 25.5. The molecule has 0 atom stereocenters. The van der Waals surface area contributed by atoms with Gasteiger partial charge < -0.3 is 5.11 Å². The molecule has 0 aliphatic rings. The number of aromatic amines is 1. The van der Waals surface area contributed by atoms with Gasteiger partial charge in [-0.15, -0.1) is 0 Å². The van der Waals surface area contributed by atoms with Crippen molar-refractivity contribution in [1.82, 2.24) is 15.2 Å². The van der Waals surface area contributed by atoms with E-state index in [9.17, 15) is 13.5 Å². The number of H-pyrrole nitrogens is 1. The number of sulfonamides is 1.